The fourth-order valence-corrected chi connectivity index (χ4v) is 3.47. The van der Waals surface area contributed by atoms with Gasteiger partial charge in [-0.25, -0.2) is 8.42 Å². The summed E-state index contributed by atoms with van der Waals surface area (Å²) in [5.41, 5.74) is 1.10. The van der Waals surface area contributed by atoms with Gasteiger partial charge in [0.25, 0.3) is 0 Å². The Bertz CT molecular complexity index is 726. The Balaban J connectivity index is 0.00000264. The van der Waals surface area contributed by atoms with Crippen LogP contribution >= 0.6 is 0 Å². The molecule has 0 spiro atoms. The Kier molecular flexibility index (Phi) is 8.80. The molecular weight excluding hydrogens is 319 g/mol. The second-order valence-corrected chi connectivity index (χ2v) is 7.13. The molecule has 2 aromatic carbocycles. The van der Waals surface area contributed by atoms with Crippen LogP contribution < -0.4 is 29.6 Å². The van der Waals surface area contributed by atoms with E-state index < -0.39 is 10.1 Å². The number of aryl methyl sites for hydroxylation is 1. The zero-order valence-electron chi connectivity index (χ0n) is 14.0. The smallest absolute Gasteiger partial charge is 0.744 e. The monoisotopic (exact) mass is 342 g/mol. The van der Waals surface area contributed by atoms with Gasteiger partial charge in [-0.05, 0) is 41.3 Å². The van der Waals surface area contributed by atoms with Gasteiger partial charge in [0.2, 0.25) is 0 Å². The Labute approximate surface area is 161 Å². The van der Waals surface area contributed by atoms with Crippen molar-refractivity contribution < 1.29 is 42.5 Å². The zero-order chi connectivity index (χ0) is 16.0. The van der Waals surface area contributed by atoms with Gasteiger partial charge in [0.1, 0.15) is 10.1 Å². The van der Waals surface area contributed by atoms with Crippen molar-refractivity contribution in [2.75, 3.05) is 0 Å². The summed E-state index contributed by atoms with van der Waals surface area (Å²) in [5, 5.41) is 1.34. The molecule has 0 atom stereocenters. The molecule has 3 nitrogen and oxygen atoms in total. The first kappa shape index (κ1) is 20.7. The number of rotatable bonds is 8. The molecule has 0 aliphatic carbocycles. The Hall–Kier alpha value is -0.390. The molecule has 0 N–H and O–H groups in total. The van der Waals surface area contributed by atoms with E-state index in [1.54, 1.807) is 6.07 Å². The van der Waals surface area contributed by atoms with Crippen LogP contribution in [0.5, 0.6) is 0 Å². The van der Waals surface area contributed by atoms with Crippen molar-refractivity contribution in [3.63, 3.8) is 0 Å². The maximum Gasteiger partial charge on any atom is 1.00 e. The van der Waals surface area contributed by atoms with Crippen molar-refractivity contribution in [1.29, 1.82) is 0 Å². The van der Waals surface area contributed by atoms with E-state index in [9.17, 15) is 13.0 Å². The van der Waals surface area contributed by atoms with Crippen LogP contribution in [0, 0.1) is 0 Å². The summed E-state index contributed by atoms with van der Waals surface area (Å²) in [6.45, 7) is 2.21. The number of benzene rings is 2. The zero-order valence-corrected chi connectivity index (χ0v) is 16.9. The average Bonchev–Trinajstić information content (AvgIpc) is 2.49. The maximum absolute atomic E-state index is 11.4. The molecule has 0 saturated heterocycles. The summed E-state index contributed by atoms with van der Waals surface area (Å²) in [6, 6.07) is 10.6. The van der Waals surface area contributed by atoms with Gasteiger partial charge in [-0.1, -0.05) is 63.3 Å². The summed E-state index contributed by atoms with van der Waals surface area (Å²) < 4.78 is 34.1. The van der Waals surface area contributed by atoms with Crippen LogP contribution in [0.25, 0.3) is 10.8 Å². The van der Waals surface area contributed by atoms with Crippen molar-refractivity contribution in [1.82, 2.24) is 0 Å². The number of fused-ring (bicyclic) bond motifs is 1. The van der Waals surface area contributed by atoms with Crippen LogP contribution in [0.3, 0.4) is 0 Å². The van der Waals surface area contributed by atoms with Crippen molar-refractivity contribution in [2.24, 2.45) is 0 Å². The first-order chi connectivity index (χ1) is 10.5. The van der Waals surface area contributed by atoms with Gasteiger partial charge in [0.05, 0.1) is 4.90 Å². The molecule has 0 radical (unpaired) electrons. The molecule has 0 aromatic heterocycles. The van der Waals surface area contributed by atoms with Gasteiger partial charge in [0, 0.05) is 0 Å². The summed E-state index contributed by atoms with van der Waals surface area (Å²) in [7, 11) is -4.43. The first-order valence-corrected chi connectivity index (χ1v) is 9.41. The van der Waals surface area contributed by atoms with Crippen LogP contribution in [0.4, 0.5) is 0 Å². The van der Waals surface area contributed by atoms with E-state index >= 15 is 0 Å². The molecule has 5 heteroatoms. The van der Waals surface area contributed by atoms with Crippen molar-refractivity contribution in [3.05, 3.63) is 42.0 Å². The Morgan fingerprint density at radius 3 is 2.35 bits per heavy atom. The van der Waals surface area contributed by atoms with E-state index in [0.29, 0.717) is 5.39 Å². The van der Waals surface area contributed by atoms with E-state index in [1.165, 1.54) is 38.2 Å². The van der Waals surface area contributed by atoms with Crippen LogP contribution in [-0.4, -0.2) is 13.0 Å². The van der Waals surface area contributed by atoms with Gasteiger partial charge < -0.3 is 4.55 Å². The van der Waals surface area contributed by atoms with Crippen LogP contribution in [0.1, 0.15) is 51.0 Å². The molecule has 120 valence electrons. The fourth-order valence-electron chi connectivity index (χ4n) is 2.77. The van der Waals surface area contributed by atoms with Gasteiger partial charge in [-0.15, -0.1) is 0 Å². The Morgan fingerprint density at radius 2 is 1.65 bits per heavy atom. The van der Waals surface area contributed by atoms with Crippen LogP contribution in [-0.2, 0) is 16.5 Å². The molecular formula is C18H23NaO3S. The number of hydrogen-bond donors (Lipinski definition) is 0. The molecule has 0 aliphatic rings. The Morgan fingerprint density at radius 1 is 0.957 bits per heavy atom. The molecule has 0 saturated carbocycles. The van der Waals surface area contributed by atoms with Gasteiger partial charge in [0.15, 0.2) is 0 Å². The normalized spacial score (nSPS) is 11.4. The van der Waals surface area contributed by atoms with Crippen LogP contribution in [0.2, 0.25) is 0 Å². The molecule has 0 unspecified atom stereocenters. The summed E-state index contributed by atoms with van der Waals surface area (Å²) in [4.78, 5) is -0.116. The minimum absolute atomic E-state index is 0. The van der Waals surface area contributed by atoms with E-state index in [0.717, 1.165) is 23.8 Å². The molecule has 0 heterocycles. The minimum Gasteiger partial charge on any atom is -0.744 e. The van der Waals surface area contributed by atoms with Gasteiger partial charge in [-0.2, -0.15) is 0 Å². The summed E-state index contributed by atoms with van der Waals surface area (Å²) >= 11 is 0. The molecule has 2 aromatic rings. The number of hydrogen-bond acceptors (Lipinski definition) is 3. The van der Waals surface area contributed by atoms with Gasteiger partial charge in [-0.3, -0.25) is 0 Å². The molecule has 0 fully saturated rings. The third kappa shape index (κ3) is 6.20. The van der Waals surface area contributed by atoms with E-state index in [2.05, 4.69) is 6.92 Å². The number of unbranched alkanes of at least 4 members (excludes halogenated alkanes) is 5. The SMILES string of the molecule is CCCCCCCCc1ccc2cccc(S(=O)(=O)[O-])c2c1.[Na+]. The minimum atomic E-state index is -4.43. The van der Waals surface area contributed by atoms with E-state index in [-0.39, 0.29) is 34.5 Å². The van der Waals surface area contributed by atoms with Crippen LogP contribution in [0.15, 0.2) is 41.3 Å². The maximum atomic E-state index is 11.4. The predicted octanol–water partition coefficient (Wildman–Crippen LogP) is 1.65. The molecule has 0 aliphatic heterocycles. The second kappa shape index (κ2) is 9.80. The molecule has 0 bridgehead atoms. The summed E-state index contributed by atoms with van der Waals surface area (Å²) in [5.74, 6) is 0. The second-order valence-electron chi connectivity index (χ2n) is 5.78. The van der Waals surface area contributed by atoms with E-state index in [1.807, 2.05) is 24.3 Å². The first-order valence-electron chi connectivity index (χ1n) is 8.00. The molecule has 23 heavy (non-hydrogen) atoms. The molecule has 0 amide bonds. The topological polar surface area (TPSA) is 57.2 Å². The largest absolute Gasteiger partial charge is 1.00 e. The predicted molar refractivity (Wildman–Crippen MR) is 89.0 cm³/mol. The third-order valence-corrected chi connectivity index (χ3v) is 4.89. The standard InChI is InChI=1S/C18H24O3S.Na/c1-2-3-4-5-6-7-9-15-12-13-16-10-8-11-18(17(16)14-15)22(19,20)21;/h8,10-14H,2-7,9H2,1H3,(H,19,20,21);/q;+1/p-1. The third-order valence-electron chi connectivity index (χ3n) is 3.99. The van der Waals surface area contributed by atoms with E-state index in [4.69, 9.17) is 0 Å². The van der Waals surface area contributed by atoms with Crippen molar-refractivity contribution in [2.45, 2.75) is 56.8 Å². The van der Waals surface area contributed by atoms with Crippen molar-refractivity contribution in [3.8, 4) is 0 Å². The quantitative estimate of drug-likeness (QED) is 0.416. The summed E-state index contributed by atoms with van der Waals surface area (Å²) in [6.07, 6.45) is 8.29. The fraction of sp³-hybridized carbons (Fsp3) is 0.444. The molecule has 2 rings (SSSR count). The average molecular weight is 342 g/mol. The van der Waals surface area contributed by atoms with Crippen molar-refractivity contribution >= 4 is 20.9 Å². The van der Waals surface area contributed by atoms with Gasteiger partial charge >= 0.3 is 29.6 Å².